The van der Waals surface area contributed by atoms with Crippen LogP contribution in [-0.4, -0.2) is 24.4 Å². The number of nitrogens with two attached hydrogens (primary N) is 1. The molecule has 4 rings (SSSR count). The molecule has 6 heteroatoms. The lowest BCUT2D eigenvalue weighted by molar-refractivity contribution is 0.687. The lowest BCUT2D eigenvalue weighted by Crippen LogP contribution is -1.99. The monoisotopic (exact) mass is 290 g/mol. The molecule has 6 nitrogen and oxygen atoms in total. The van der Waals surface area contributed by atoms with Crippen LogP contribution in [0.15, 0.2) is 61.1 Å². The van der Waals surface area contributed by atoms with Crippen molar-refractivity contribution in [1.29, 1.82) is 0 Å². The van der Waals surface area contributed by atoms with Crippen LogP contribution in [0.2, 0.25) is 0 Å². The molecule has 0 radical (unpaired) electrons. The van der Waals surface area contributed by atoms with E-state index in [0.29, 0.717) is 0 Å². The van der Waals surface area contributed by atoms with Crippen molar-refractivity contribution in [2.24, 2.45) is 0 Å². The zero-order valence-electron chi connectivity index (χ0n) is 11.8. The SMILES string of the molecule is Nc1nc2ccc(-c3cnn(Cc4ccccc4)c3)cn2n1. The summed E-state index contributed by atoms with van der Waals surface area (Å²) < 4.78 is 3.60. The average molecular weight is 290 g/mol. The Balaban J connectivity index is 1.64. The molecule has 22 heavy (non-hydrogen) atoms. The van der Waals surface area contributed by atoms with Crippen molar-refractivity contribution < 1.29 is 0 Å². The van der Waals surface area contributed by atoms with Gasteiger partial charge in [-0.1, -0.05) is 30.3 Å². The third-order valence-electron chi connectivity index (χ3n) is 3.50. The third kappa shape index (κ3) is 2.31. The smallest absolute Gasteiger partial charge is 0.240 e. The van der Waals surface area contributed by atoms with Crippen LogP contribution in [0.1, 0.15) is 5.56 Å². The maximum absolute atomic E-state index is 5.61. The molecule has 0 amide bonds. The Kier molecular flexibility index (Phi) is 2.86. The van der Waals surface area contributed by atoms with E-state index >= 15 is 0 Å². The Morgan fingerprint density at radius 1 is 0.955 bits per heavy atom. The summed E-state index contributed by atoms with van der Waals surface area (Å²) in [5, 5.41) is 8.55. The number of hydrogen-bond acceptors (Lipinski definition) is 4. The summed E-state index contributed by atoms with van der Waals surface area (Å²) in [6, 6.07) is 14.1. The summed E-state index contributed by atoms with van der Waals surface area (Å²) in [4.78, 5) is 4.12. The van der Waals surface area contributed by atoms with E-state index in [-0.39, 0.29) is 5.95 Å². The van der Waals surface area contributed by atoms with Crippen LogP contribution in [0.3, 0.4) is 0 Å². The molecule has 0 saturated heterocycles. The number of fused-ring (bicyclic) bond motifs is 1. The normalized spacial score (nSPS) is 11.1. The summed E-state index contributed by atoms with van der Waals surface area (Å²) in [6.07, 6.45) is 5.78. The molecule has 0 aliphatic rings. The number of aromatic nitrogens is 5. The topological polar surface area (TPSA) is 74.0 Å². The van der Waals surface area contributed by atoms with Gasteiger partial charge in [0, 0.05) is 23.5 Å². The molecular formula is C16H14N6. The Bertz CT molecular complexity index is 922. The molecule has 0 atom stereocenters. The Morgan fingerprint density at radius 2 is 1.82 bits per heavy atom. The summed E-state index contributed by atoms with van der Waals surface area (Å²) in [6.45, 7) is 0.749. The first-order valence-corrected chi connectivity index (χ1v) is 6.96. The molecule has 4 aromatic rings. The standard InChI is InChI=1S/C16H14N6/c17-16-19-15-7-6-13(11-22(15)20-16)14-8-18-21(10-14)9-12-4-2-1-3-5-12/h1-8,10-11H,9H2,(H2,17,20). The fourth-order valence-electron chi connectivity index (χ4n) is 2.44. The van der Waals surface area contributed by atoms with E-state index in [4.69, 9.17) is 5.73 Å². The molecule has 2 N–H and O–H groups in total. The second-order valence-electron chi connectivity index (χ2n) is 5.10. The molecule has 0 saturated carbocycles. The number of anilines is 1. The van der Waals surface area contributed by atoms with E-state index in [1.807, 2.05) is 53.6 Å². The highest BCUT2D eigenvalue weighted by molar-refractivity contribution is 5.63. The molecule has 0 aliphatic heterocycles. The minimum atomic E-state index is 0.275. The number of nitrogens with zero attached hydrogens (tertiary/aromatic N) is 5. The van der Waals surface area contributed by atoms with E-state index in [2.05, 4.69) is 27.3 Å². The van der Waals surface area contributed by atoms with Crippen molar-refractivity contribution in [2.45, 2.75) is 6.54 Å². The first-order valence-electron chi connectivity index (χ1n) is 6.96. The van der Waals surface area contributed by atoms with E-state index in [1.165, 1.54) is 5.56 Å². The van der Waals surface area contributed by atoms with Gasteiger partial charge in [-0.15, -0.1) is 5.10 Å². The molecule has 3 aromatic heterocycles. The quantitative estimate of drug-likeness (QED) is 0.628. The lowest BCUT2D eigenvalue weighted by atomic mass is 10.2. The maximum atomic E-state index is 5.61. The molecule has 0 unspecified atom stereocenters. The average Bonchev–Trinajstić information content (AvgIpc) is 3.13. The van der Waals surface area contributed by atoms with Crippen LogP contribution >= 0.6 is 0 Å². The van der Waals surface area contributed by atoms with Crippen molar-refractivity contribution in [3.63, 3.8) is 0 Å². The van der Waals surface area contributed by atoms with Gasteiger partial charge < -0.3 is 5.73 Å². The minimum absolute atomic E-state index is 0.275. The van der Waals surface area contributed by atoms with Gasteiger partial charge >= 0.3 is 0 Å². The molecule has 0 aliphatic carbocycles. The third-order valence-corrected chi connectivity index (χ3v) is 3.50. The molecule has 1 aromatic carbocycles. The van der Waals surface area contributed by atoms with Crippen molar-refractivity contribution in [1.82, 2.24) is 24.4 Å². The molecule has 0 spiro atoms. The minimum Gasteiger partial charge on any atom is -0.366 e. The van der Waals surface area contributed by atoms with Crippen LogP contribution in [-0.2, 0) is 6.54 Å². The summed E-state index contributed by atoms with van der Waals surface area (Å²) in [5.41, 5.74) is 9.62. The van der Waals surface area contributed by atoms with E-state index in [9.17, 15) is 0 Å². The van der Waals surface area contributed by atoms with Crippen LogP contribution in [0.5, 0.6) is 0 Å². The van der Waals surface area contributed by atoms with Gasteiger partial charge in [0.15, 0.2) is 5.65 Å². The largest absolute Gasteiger partial charge is 0.366 e. The second kappa shape index (κ2) is 5.00. The Labute approximate surface area is 126 Å². The van der Waals surface area contributed by atoms with E-state index in [0.717, 1.165) is 23.3 Å². The molecular weight excluding hydrogens is 276 g/mol. The molecule has 0 fully saturated rings. The highest BCUT2D eigenvalue weighted by atomic mass is 15.3. The zero-order valence-corrected chi connectivity index (χ0v) is 11.8. The van der Waals surface area contributed by atoms with E-state index in [1.54, 1.807) is 4.52 Å². The highest BCUT2D eigenvalue weighted by Gasteiger charge is 2.06. The Hall–Kier alpha value is -3.15. The number of pyridine rings is 1. The zero-order chi connectivity index (χ0) is 14.9. The van der Waals surface area contributed by atoms with Crippen molar-refractivity contribution in [3.05, 3.63) is 66.6 Å². The van der Waals surface area contributed by atoms with Crippen LogP contribution in [0.25, 0.3) is 16.8 Å². The molecule has 0 bridgehead atoms. The van der Waals surface area contributed by atoms with Gasteiger partial charge in [-0.05, 0) is 17.7 Å². The van der Waals surface area contributed by atoms with Gasteiger partial charge in [0.1, 0.15) is 0 Å². The lowest BCUT2D eigenvalue weighted by Gasteiger charge is -2.01. The van der Waals surface area contributed by atoms with Crippen molar-refractivity contribution >= 4 is 11.6 Å². The highest BCUT2D eigenvalue weighted by Crippen LogP contribution is 2.19. The number of hydrogen-bond donors (Lipinski definition) is 1. The maximum Gasteiger partial charge on any atom is 0.240 e. The number of benzene rings is 1. The summed E-state index contributed by atoms with van der Waals surface area (Å²) in [5.74, 6) is 0.275. The van der Waals surface area contributed by atoms with Gasteiger partial charge in [-0.3, -0.25) is 4.68 Å². The first-order chi connectivity index (χ1) is 10.8. The Morgan fingerprint density at radius 3 is 2.68 bits per heavy atom. The van der Waals surface area contributed by atoms with Crippen molar-refractivity contribution in [2.75, 3.05) is 5.73 Å². The fourth-order valence-corrected chi connectivity index (χ4v) is 2.44. The van der Waals surface area contributed by atoms with Crippen LogP contribution in [0.4, 0.5) is 5.95 Å². The fraction of sp³-hybridized carbons (Fsp3) is 0.0625. The van der Waals surface area contributed by atoms with Gasteiger partial charge in [0.2, 0.25) is 5.95 Å². The second-order valence-corrected chi connectivity index (χ2v) is 5.10. The number of nitrogen functional groups attached to an aromatic ring is 1. The first kappa shape index (κ1) is 12.6. The molecule has 3 heterocycles. The van der Waals surface area contributed by atoms with Gasteiger partial charge in [0.25, 0.3) is 0 Å². The van der Waals surface area contributed by atoms with Gasteiger partial charge in [-0.2, -0.15) is 10.1 Å². The van der Waals surface area contributed by atoms with Gasteiger partial charge in [0.05, 0.1) is 12.7 Å². The van der Waals surface area contributed by atoms with Crippen LogP contribution < -0.4 is 5.73 Å². The van der Waals surface area contributed by atoms with Crippen LogP contribution in [0, 0.1) is 0 Å². The summed E-state index contributed by atoms with van der Waals surface area (Å²) >= 11 is 0. The van der Waals surface area contributed by atoms with Crippen molar-refractivity contribution in [3.8, 4) is 11.1 Å². The van der Waals surface area contributed by atoms with E-state index < -0.39 is 0 Å². The number of rotatable bonds is 3. The summed E-state index contributed by atoms with van der Waals surface area (Å²) in [7, 11) is 0. The van der Waals surface area contributed by atoms with Gasteiger partial charge in [-0.25, -0.2) is 4.52 Å². The predicted octanol–water partition coefficient (Wildman–Crippen LogP) is 2.22. The predicted molar refractivity (Wildman–Crippen MR) is 84.2 cm³/mol. The molecule has 108 valence electrons.